The lowest BCUT2D eigenvalue weighted by molar-refractivity contribution is -0.120. The van der Waals surface area contributed by atoms with Gasteiger partial charge in [-0.2, -0.15) is 0 Å². The van der Waals surface area contributed by atoms with Crippen molar-refractivity contribution in [1.29, 1.82) is 0 Å². The first-order valence-corrected chi connectivity index (χ1v) is 8.69. The predicted octanol–water partition coefficient (Wildman–Crippen LogP) is 4.03. The molecule has 24 heavy (non-hydrogen) atoms. The number of carbonyl (C=O) groups excluding carboxylic acids is 1. The number of amides is 1. The Labute approximate surface area is 149 Å². The molecular formula is C18H16ClN3OS. The van der Waals surface area contributed by atoms with E-state index in [1.54, 1.807) is 35.9 Å². The average Bonchev–Trinajstić information content (AvgIpc) is 2.97. The minimum atomic E-state index is -0.0203. The largest absolute Gasteiger partial charge is 0.351 e. The summed E-state index contributed by atoms with van der Waals surface area (Å²) in [4.78, 5) is 21.8. The van der Waals surface area contributed by atoms with Crippen LogP contribution in [0.25, 0.3) is 10.6 Å². The molecule has 0 spiro atoms. The van der Waals surface area contributed by atoms with Crippen molar-refractivity contribution in [3.05, 3.63) is 69.9 Å². The molecule has 0 bridgehead atoms. The second-order valence-electron chi connectivity index (χ2n) is 5.35. The van der Waals surface area contributed by atoms with E-state index in [0.717, 1.165) is 26.7 Å². The summed E-state index contributed by atoms with van der Waals surface area (Å²) >= 11 is 7.43. The van der Waals surface area contributed by atoms with Crippen molar-refractivity contribution in [2.45, 2.75) is 19.9 Å². The fourth-order valence-corrected chi connectivity index (χ4v) is 3.35. The van der Waals surface area contributed by atoms with Gasteiger partial charge in [-0.1, -0.05) is 23.7 Å². The quantitative estimate of drug-likeness (QED) is 0.750. The normalized spacial score (nSPS) is 10.6. The number of hydrogen-bond donors (Lipinski definition) is 1. The number of nitrogens with zero attached hydrogens (tertiary/aromatic N) is 2. The first-order chi connectivity index (χ1) is 11.6. The maximum Gasteiger partial charge on any atom is 0.224 e. The van der Waals surface area contributed by atoms with Gasteiger partial charge in [0.1, 0.15) is 5.01 Å². The van der Waals surface area contributed by atoms with Gasteiger partial charge < -0.3 is 5.32 Å². The van der Waals surface area contributed by atoms with Crippen LogP contribution in [0.4, 0.5) is 0 Å². The minimum absolute atomic E-state index is 0.0203. The number of pyridine rings is 1. The monoisotopic (exact) mass is 357 g/mol. The van der Waals surface area contributed by atoms with Gasteiger partial charge in [0.2, 0.25) is 5.91 Å². The zero-order valence-electron chi connectivity index (χ0n) is 13.1. The van der Waals surface area contributed by atoms with Crippen molar-refractivity contribution in [2.75, 3.05) is 0 Å². The van der Waals surface area contributed by atoms with Crippen LogP contribution in [-0.4, -0.2) is 15.9 Å². The molecule has 0 aliphatic carbocycles. The molecule has 0 saturated carbocycles. The van der Waals surface area contributed by atoms with E-state index in [1.165, 1.54) is 0 Å². The summed E-state index contributed by atoms with van der Waals surface area (Å²) in [5.74, 6) is -0.0203. The van der Waals surface area contributed by atoms with Gasteiger partial charge in [0.25, 0.3) is 0 Å². The fourth-order valence-electron chi connectivity index (χ4n) is 2.23. The van der Waals surface area contributed by atoms with Gasteiger partial charge in [0.15, 0.2) is 0 Å². The Morgan fingerprint density at radius 3 is 2.75 bits per heavy atom. The minimum Gasteiger partial charge on any atom is -0.351 e. The van der Waals surface area contributed by atoms with E-state index in [9.17, 15) is 4.79 Å². The lowest BCUT2D eigenvalue weighted by atomic mass is 10.1. The summed E-state index contributed by atoms with van der Waals surface area (Å²) in [7, 11) is 0. The number of thiazole rings is 1. The highest BCUT2D eigenvalue weighted by molar-refractivity contribution is 7.15. The third-order valence-electron chi connectivity index (χ3n) is 3.53. The topological polar surface area (TPSA) is 54.9 Å². The van der Waals surface area contributed by atoms with Crippen LogP contribution >= 0.6 is 22.9 Å². The van der Waals surface area contributed by atoms with E-state index in [4.69, 9.17) is 11.6 Å². The van der Waals surface area contributed by atoms with Crippen molar-refractivity contribution in [2.24, 2.45) is 0 Å². The molecule has 2 heterocycles. The zero-order valence-corrected chi connectivity index (χ0v) is 14.7. The van der Waals surface area contributed by atoms with Crippen LogP contribution in [0.1, 0.15) is 16.1 Å². The Morgan fingerprint density at radius 1 is 1.25 bits per heavy atom. The molecule has 3 aromatic rings. The molecule has 122 valence electrons. The summed E-state index contributed by atoms with van der Waals surface area (Å²) in [6, 6.07) is 11.2. The van der Waals surface area contributed by atoms with Crippen molar-refractivity contribution < 1.29 is 4.79 Å². The number of aromatic nitrogens is 2. The molecule has 0 aliphatic heterocycles. The van der Waals surface area contributed by atoms with E-state index in [1.807, 2.05) is 31.2 Å². The van der Waals surface area contributed by atoms with Gasteiger partial charge in [0.05, 0.1) is 18.7 Å². The van der Waals surface area contributed by atoms with Crippen molar-refractivity contribution in [3.63, 3.8) is 0 Å². The molecule has 2 aromatic heterocycles. The van der Waals surface area contributed by atoms with Crippen LogP contribution in [-0.2, 0) is 17.8 Å². The van der Waals surface area contributed by atoms with E-state index >= 15 is 0 Å². The highest BCUT2D eigenvalue weighted by Crippen LogP contribution is 2.27. The molecule has 0 fully saturated rings. The molecule has 1 aromatic carbocycles. The van der Waals surface area contributed by atoms with Crippen molar-refractivity contribution in [3.8, 4) is 10.6 Å². The van der Waals surface area contributed by atoms with Crippen LogP contribution < -0.4 is 5.32 Å². The molecule has 0 radical (unpaired) electrons. The summed E-state index contributed by atoms with van der Waals surface area (Å²) in [5, 5.41) is 4.54. The fraction of sp³-hybridized carbons (Fsp3) is 0.167. The Morgan fingerprint density at radius 2 is 2.04 bits per heavy atom. The summed E-state index contributed by atoms with van der Waals surface area (Å²) in [6.45, 7) is 2.44. The molecule has 0 saturated heterocycles. The average molecular weight is 358 g/mol. The lowest BCUT2D eigenvalue weighted by Gasteiger charge is -2.04. The molecule has 0 atom stereocenters. The maximum absolute atomic E-state index is 12.1. The second kappa shape index (κ2) is 7.55. The molecule has 3 rings (SSSR count). The SMILES string of the molecule is Cc1nc(-c2cccnc2)sc1CNC(=O)Cc1ccc(Cl)cc1. The van der Waals surface area contributed by atoms with E-state index in [-0.39, 0.29) is 5.91 Å². The van der Waals surface area contributed by atoms with Crippen molar-refractivity contribution in [1.82, 2.24) is 15.3 Å². The maximum atomic E-state index is 12.1. The third-order valence-corrected chi connectivity index (χ3v) is 4.98. The number of aryl methyl sites for hydroxylation is 1. The number of halogens is 1. The number of benzene rings is 1. The second-order valence-corrected chi connectivity index (χ2v) is 6.87. The number of carbonyl (C=O) groups is 1. The standard InChI is InChI=1S/C18H16ClN3OS/c1-12-16(24-18(22-12)14-3-2-8-20-10-14)11-21-17(23)9-13-4-6-15(19)7-5-13/h2-8,10H,9,11H2,1H3,(H,21,23). The Balaban J connectivity index is 1.61. The van der Waals surface area contributed by atoms with Gasteiger partial charge in [-0.15, -0.1) is 11.3 Å². The first-order valence-electron chi connectivity index (χ1n) is 7.49. The lowest BCUT2D eigenvalue weighted by Crippen LogP contribution is -2.24. The van der Waals surface area contributed by atoms with Gasteiger partial charge >= 0.3 is 0 Å². The van der Waals surface area contributed by atoms with Gasteiger partial charge in [0, 0.05) is 27.9 Å². The summed E-state index contributed by atoms with van der Waals surface area (Å²) in [5.41, 5.74) is 2.86. The zero-order chi connectivity index (χ0) is 16.9. The Kier molecular flexibility index (Phi) is 5.23. The predicted molar refractivity (Wildman–Crippen MR) is 97.1 cm³/mol. The van der Waals surface area contributed by atoms with Gasteiger partial charge in [-0.25, -0.2) is 4.98 Å². The molecule has 0 aliphatic rings. The molecule has 0 unspecified atom stereocenters. The summed E-state index contributed by atoms with van der Waals surface area (Å²) in [6.07, 6.45) is 3.87. The van der Waals surface area contributed by atoms with E-state index in [0.29, 0.717) is 18.0 Å². The highest BCUT2D eigenvalue weighted by Gasteiger charge is 2.11. The number of hydrogen-bond acceptors (Lipinski definition) is 4. The smallest absolute Gasteiger partial charge is 0.224 e. The molecule has 6 heteroatoms. The van der Waals surface area contributed by atoms with E-state index in [2.05, 4.69) is 15.3 Å². The van der Waals surface area contributed by atoms with Crippen LogP contribution in [0.2, 0.25) is 5.02 Å². The van der Waals surface area contributed by atoms with Crippen LogP contribution in [0.3, 0.4) is 0 Å². The van der Waals surface area contributed by atoms with Crippen LogP contribution in [0.15, 0.2) is 48.8 Å². The first kappa shape index (κ1) is 16.6. The Hall–Kier alpha value is -2.24. The molecule has 1 amide bonds. The van der Waals surface area contributed by atoms with E-state index < -0.39 is 0 Å². The molecule has 1 N–H and O–H groups in total. The number of rotatable bonds is 5. The molecule has 4 nitrogen and oxygen atoms in total. The highest BCUT2D eigenvalue weighted by atomic mass is 35.5. The van der Waals surface area contributed by atoms with Crippen LogP contribution in [0, 0.1) is 6.92 Å². The van der Waals surface area contributed by atoms with Crippen LogP contribution in [0.5, 0.6) is 0 Å². The number of nitrogens with one attached hydrogen (secondary N) is 1. The Bertz CT molecular complexity index is 831. The van der Waals surface area contributed by atoms with Crippen molar-refractivity contribution >= 4 is 28.8 Å². The van der Waals surface area contributed by atoms with Gasteiger partial charge in [-0.05, 0) is 36.8 Å². The van der Waals surface area contributed by atoms with Gasteiger partial charge in [-0.3, -0.25) is 9.78 Å². The third kappa shape index (κ3) is 4.19. The molecular weight excluding hydrogens is 342 g/mol. The summed E-state index contributed by atoms with van der Waals surface area (Å²) < 4.78 is 0.